The Morgan fingerprint density at radius 2 is 1.74 bits per heavy atom. The smallest absolute Gasteiger partial charge is 0.452 e. The topological polar surface area (TPSA) is 35.2 Å². The standard InChI is InChI=1S/C17H17F4NO/c18-16(17(19,20)21)23-15-10-2-1-7-13(15)8-3-5-12-6-4-9-14(22)11-12/h1-2,4,6-7,9-11,16H,3,5,8,22H2. The third kappa shape index (κ3) is 5.16. The molecule has 0 fully saturated rings. The second kappa shape index (κ2) is 7.35. The van der Waals surface area contributed by atoms with Crippen molar-refractivity contribution in [3.8, 4) is 5.75 Å². The molecule has 0 saturated heterocycles. The van der Waals surface area contributed by atoms with Crippen molar-refractivity contribution < 1.29 is 22.3 Å². The summed E-state index contributed by atoms with van der Waals surface area (Å²) < 4.78 is 54.3. The van der Waals surface area contributed by atoms with Crippen LogP contribution in [0.3, 0.4) is 0 Å². The van der Waals surface area contributed by atoms with E-state index in [1.165, 1.54) is 12.1 Å². The normalized spacial score (nSPS) is 12.9. The summed E-state index contributed by atoms with van der Waals surface area (Å²) in [6.45, 7) is 0. The molecular formula is C17H17F4NO. The third-order valence-electron chi connectivity index (χ3n) is 3.32. The predicted octanol–water partition coefficient (Wildman–Crippen LogP) is 4.68. The molecule has 23 heavy (non-hydrogen) atoms. The number of nitrogens with two attached hydrogens (primary N) is 1. The number of nitrogen functional groups attached to an aromatic ring is 1. The molecule has 0 aliphatic rings. The molecule has 0 heterocycles. The molecule has 2 aromatic carbocycles. The highest BCUT2D eigenvalue weighted by molar-refractivity contribution is 5.40. The van der Waals surface area contributed by atoms with Gasteiger partial charge in [0.05, 0.1) is 0 Å². The van der Waals surface area contributed by atoms with Crippen molar-refractivity contribution in [2.24, 2.45) is 0 Å². The molecule has 0 aliphatic carbocycles. The Kier molecular flexibility index (Phi) is 5.47. The average molecular weight is 327 g/mol. The molecule has 0 saturated carbocycles. The van der Waals surface area contributed by atoms with Gasteiger partial charge in [0.25, 0.3) is 0 Å². The zero-order valence-corrected chi connectivity index (χ0v) is 12.3. The van der Waals surface area contributed by atoms with Gasteiger partial charge >= 0.3 is 12.5 Å². The number of anilines is 1. The minimum Gasteiger partial charge on any atom is -0.452 e. The molecular weight excluding hydrogens is 310 g/mol. The van der Waals surface area contributed by atoms with Gasteiger partial charge in [0, 0.05) is 5.69 Å². The molecule has 6 heteroatoms. The van der Waals surface area contributed by atoms with Crippen LogP contribution in [0.2, 0.25) is 0 Å². The van der Waals surface area contributed by atoms with E-state index < -0.39 is 12.5 Å². The summed E-state index contributed by atoms with van der Waals surface area (Å²) in [5.41, 5.74) is 7.94. The number of halogens is 4. The minimum absolute atomic E-state index is 0.0788. The highest BCUT2D eigenvalue weighted by atomic mass is 19.4. The van der Waals surface area contributed by atoms with E-state index in [0.717, 1.165) is 12.0 Å². The molecule has 2 rings (SSSR count). The number of ether oxygens (including phenoxy) is 1. The Labute approximate surface area is 131 Å². The Morgan fingerprint density at radius 1 is 1.00 bits per heavy atom. The number of aryl methyl sites for hydroxylation is 2. The molecule has 1 atom stereocenters. The van der Waals surface area contributed by atoms with Crippen molar-refractivity contribution in [1.82, 2.24) is 0 Å². The number of para-hydroxylation sites is 1. The van der Waals surface area contributed by atoms with Crippen LogP contribution < -0.4 is 10.5 Å². The molecule has 0 radical (unpaired) electrons. The SMILES string of the molecule is Nc1cccc(CCCc2ccccc2OC(F)C(F)(F)F)c1. The largest absolute Gasteiger partial charge is 0.457 e. The van der Waals surface area contributed by atoms with Crippen LogP contribution >= 0.6 is 0 Å². The van der Waals surface area contributed by atoms with Gasteiger partial charge < -0.3 is 10.5 Å². The summed E-state index contributed by atoms with van der Waals surface area (Å²) in [6.07, 6.45) is -6.47. The van der Waals surface area contributed by atoms with Gasteiger partial charge in [-0.05, 0) is 48.6 Å². The molecule has 2 N–H and O–H groups in total. The fourth-order valence-electron chi connectivity index (χ4n) is 2.24. The van der Waals surface area contributed by atoms with Gasteiger partial charge in [0.15, 0.2) is 0 Å². The predicted molar refractivity (Wildman–Crippen MR) is 80.9 cm³/mol. The van der Waals surface area contributed by atoms with Gasteiger partial charge in [-0.3, -0.25) is 0 Å². The van der Waals surface area contributed by atoms with Crippen molar-refractivity contribution in [3.63, 3.8) is 0 Å². The lowest BCUT2D eigenvalue weighted by Crippen LogP contribution is -2.30. The van der Waals surface area contributed by atoms with E-state index in [-0.39, 0.29) is 5.75 Å². The number of alkyl halides is 4. The maximum absolute atomic E-state index is 13.0. The Hall–Kier alpha value is -2.24. The van der Waals surface area contributed by atoms with Crippen molar-refractivity contribution >= 4 is 5.69 Å². The summed E-state index contributed by atoms with van der Waals surface area (Å²) >= 11 is 0. The van der Waals surface area contributed by atoms with Crippen LogP contribution in [0.15, 0.2) is 48.5 Å². The zero-order chi connectivity index (χ0) is 16.9. The van der Waals surface area contributed by atoms with E-state index in [1.807, 2.05) is 18.2 Å². The summed E-state index contributed by atoms with van der Waals surface area (Å²) in [6, 6.07) is 13.6. The van der Waals surface area contributed by atoms with Crippen LogP contribution in [0.5, 0.6) is 5.75 Å². The van der Waals surface area contributed by atoms with Crippen LogP contribution in [-0.4, -0.2) is 12.5 Å². The number of hydrogen-bond donors (Lipinski definition) is 1. The van der Waals surface area contributed by atoms with E-state index in [4.69, 9.17) is 5.73 Å². The van der Waals surface area contributed by atoms with Crippen LogP contribution in [0.1, 0.15) is 17.5 Å². The number of benzene rings is 2. The Bertz CT molecular complexity index is 642. The van der Waals surface area contributed by atoms with Crippen molar-refractivity contribution in [3.05, 3.63) is 59.7 Å². The molecule has 0 bridgehead atoms. The lowest BCUT2D eigenvalue weighted by Gasteiger charge is -2.16. The number of hydrogen-bond acceptors (Lipinski definition) is 2. The van der Waals surface area contributed by atoms with Crippen LogP contribution in [0, 0.1) is 0 Å². The van der Waals surface area contributed by atoms with Gasteiger partial charge in [-0.2, -0.15) is 17.6 Å². The maximum atomic E-state index is 13.0. The third-order valence-corrected chi connectivity index (χ3v) is 3.32. The van der Waals surface area contributed by atoms with Crippen molar-refractivity contribution in [1.29, 1.82) is 0 Å². The minimum atomic E-state index is -5.03. The van der Waals surface area contributed by atoms with Gasteiger partial charge in [0.1, 0.15) is 5.75 Å². The first-order valence-corrected chi connectivity index (χ1v) is 7.16. The van der Waals surface area contributed by atoms with Gasteiger partial charge in [-0.1, -0.05) is 30.3 Å². The van der Waals surface area contributed by atoms with Crippen LogP contribution in [0.4, 0.5) is 23.2 Å². The average Bonchev–Trinajstić information content (AvgIpc) is 2.48. The summed E-state index contributed by atoms with van der Waals surface area (Å²) in [4.78, 5) is 0. The molecule has 2 nitrogen and oxygen atoms in total. The zero-order valence-electron chi connectivity index (χ0n) is 12.3. The van der Waals surface area contributed by atoms with E-state index in [2.05, 4.69) is 4.74 Å². The van der Waals surface area contributed by atoms with Crippen molar-refractivity contribution in [2.45, 2.75) is 31.8 Å². The fourth-order valence-corrected chi connectivity index (χ4v) is 2.24. The number of rotatable bonds is 6. The fraction of sp³-hybridized carbons (Fsp3) is 0.294. The molecule has 124 valence electrons. The maximum Gasteiger partial charge on any atom is 0.457 e. The lowest BCUT2D eigenvalue weighted by molar-refractivity contribution is -0.236. The van der Waals surface area contributed by atoms with Crippen LogP contribution in [0.25, 0.3) is 0 Å². The highest BCUT2D eigenvalue weighted by Crippen LogP contribution is 2.28. The molecule has 1 unspecified atom stereocenters. The van der Waals surface area contributed by atoms with Crippen molar-refractivity contribution in [2.75, 3.05) is 5.73 Å². The van der Waals surface area contributed by atoms with E-state index in [0.29, 0.717) is 24.1 Å². The molecule has 0 amide bonds. The Balaban J connectivity index is 1.97. The van der Waals surface area contributed by atoms with Gasteiger partial charge in [-0.15, -0.1) is 0 Å². The monoisotopic (exact) mass is 327 g/mol. The van der Waals surface area contributed by atoms with E-state index in [9.17, 15) is 17.6 Å². The quantitative estimate of drug-likeness (QED) is 0.617. The van der Waals surface area contributed by atoms with Gasteiger partial charge in [-0.25, -0.2) is 0 Å². The van der Waals surface area contributed by atoms with E-state index in [1.54, 1.807) is 18.2 Å². The second-order valence-corrected chi connectivity index (χ2v) is 5.18. The molecule has 2 aromatic rings. The molecule has 0 spiro atoms. The summed E-state index contributed by atoms with van der Waals surface area (Å²) in [5, 5.41) is 0. The van der Waals surface area contributed by atoms with E-state index >= 15 is 0 Å². The highest BCUT2D eigenvalue weighted by Gasteiger charge is 2.42. The first-order chi connectivity index (χ1) is 10.9. The lowest BCUT2D eigenvalue weighted by atomic mass is 10.0. The van der Waals surface area contributed by atoms with Gasteiger partial charge in [0.2, 0.25) is 0 Å². The molecule has 0 aliphatic heterocycles. The summed E-state index contributed by atoms with van der Waals surface area (Å²) in [5.74, 6) is -0.0788. The Morgan fingerprint density at radius 3 is 2.43 bits per heavy atom. The second-order valence-electron chi connectivity index (χ2n) is 5.18. The first-order valence-electron chi connectivity index (χ1n) is 7.16. The summed E-state index contributed by atoms with van der Waals surface area (Å²) in [7, 11) is 0. The molecule has 0 aromatic heterocycles. The first kappa shape index (κ1) is 17.1. The van der Waals surface area contributed by atoms with Crippen LogP contribution in [-0.2, 0) is 12.8 Å².